The van der Waals surface area contributed by atoms with Crippen molar-refractivity contribution in [2.24, 2.45) is 0 Å². The van der Waals surface area contributed by atoms with Gasteiger partial charge in [-0.15, -0.1) is 0 Å². The molecule has 2 aromatic rings. The van der Waals surface area contributed by atoms with Gasteiger partial charge in [0.15, 0.2) is 0 Å². The molecular formula is C22H26N2O5S. The molecule has 1 saturated heterocycles. The zero-order valence-electron chi connectivity index (χ0n) is 16.7. The maximum absolute atomic E-state index is 12.7. The number of amides is 1. The van der Waals surface area contributed by atoms with Gasteiger partial charge in [-0.2, -0.15) is 4.31 Å². The number of carbonyl (C=O) groups excluding carboxylic acids is 1. The lowest BCUT2D eigenvalue weighted by Crippen LogP contribution is -2.40. The van der Waals surface area contributed by atoms with E-state index >= 15 is 0 Å². The lowest BCUT2D eigenvalue weighted by atomic mass is 10.2. The molecule has 1 aliphatic heterocycles. The number of ether oxygens (including phenoxy) is 1. The Morgan fingerprint density at radius 2 is 1.73 bits per heavy atom. The number of morpholine rings is 1. The summed E-state index contributed by atoms with van der Waals surface area (Å²) >= 11 is 0. The van der Waals surface area contributed by atoms with Crippen LogP contribution in [0.3, 0.4) is 0 Å². The Balaban J connectivity index is 1.66. The molecule has 0 bridgehead atoms. The van der Waals surface area contributed by atoms with E-state index in [1.54, 1.807) is 35.2 Å². The normalized spacial score (nSPS) is 15.4. The largest absolute Gasteiger partial charge is 0.395 e. The van der Waals surface area contributed by atoms with Crippen LogP contribution >= 0.6 is 0 Å². The number of sulfonamides is 1. The minimum absolute atomic E-state index is 0.124. The molecule has 0 aliphatic carbocycles. The van der Waals surface area contributed by atoms with Crippen molar-refractivity contribution in [3.8, 4) is 0 Å². The van der Waals surface area contributed by atoms with Gasteiger partial charge in [-0.3, -0.25) is 4.79 Å². The molecule has 1 N–H and O–H groups in total. The van der Waals surface area contributed by atoms with Crippen molar-refractivity contribution in [1.82, 2.24) is 9.21 Å². The highest BCUT2D eigenvalue weighted by Crippen LogP contribution is 2.18. The van der Waals surface area contributed by atoms with Crippen molar-refractivity contribution < 1.29 is 23.1 Å². The van der Waals surface area contributed by atoms with E-state index in [4.69, 9.17) is 4.74 Å². The summed E-state index contributed by atoms with van der Waals surface area (Å²) in [5.74, 6) is -0.224. The molecular weight excluding hydrogens is 404 g/mol. The van der Waals surface area contributed by atoms with Crippen molar-refractivity contribution in [3.05, 3.63) is 71.8 Å². The third-order valence-corrected chi connectivity index (χ3v) is 6.72. The SMILES string of the molecule is O=C(/C=C/c1ccc(S(=O)(=O)N2CCOCC2)cc1)N(CCO)Cc1ccccc1. The Morgan fingerprint density at radius 3 is 2.37 bits per heavy atom. The molecule has 0 spiro atoms. The minimum atomic E-state index is -3.54. The topological polar surface area (TPSA) is 87.2 Å². The van der Waals surface area contributed by atoms with E-state index in [2.05, 4.69) is 0 Å². The van der Waals surface area contributed by atoms with Gasteiger partial charge in [0.2, 0.25) is 15.9 Å². The molecule has 0 unspecified atom stereocenters. The summed E-state index contributed by atoms with van der Waals surface area (Å²) in [6, 6.07) is 16.0. The maximum Gasteiger partial charge on any atom is 0.246 e. The van der Waals surface area contributed by atoms with Crippen LogP contribution in [0.2, 0.25) is 0 Å². The van der Waals surface area contributed by atoms with Crippen molar-refractivity contribution in [1.29, 1.82) is 0 Å². The van der Waals surface area contributed by atoms with Crippen LogP contribution in [0.4, 0.5) is 0 Å². The zero-order chi connectivity index (χ0) is 21.4. The van der Waals surface area contributed by atoms with Gasteiger partial charge in [0, 0.05) is 32.3 Å². The summed E-state index contributed by atoms with van der Waals surface area (Å²) in [5, 5.41) is 9.28. The highest BCUT2D eigenvalue weighted by Gasteiger charge is 2.25. The molecule has 1 amide bonds. The Labute approximate surface area is 177 Å². The highest BCUT2D eigenvalue weighted by molar-refractivity contribution is 7.89. The van der Waals surface area contributed by atoms with Crippen LogP contribution in [0.25, 0.3) is 6.08 Å². The molecule has 0 aromatic heterocycles. The second kappa shape index (κ2) is 10.5. The summed E-state index contributed by atoms with van der Waals surface area (Å²) in [7, 11) is -3.54. The fourth-order valence-electron chi connectivity index (χ4n) is 3.15. The summed E-state index contributed by atoms with van der Waals surface area (Å²) in [6.45, 7) is 2.00. The maximum atomic E-state index is 12.7. The Hall–Kier alpha value is -2.52. The van der Waals surface area contributed by atoms with Crippen LogP contribution in [0.1, 0.15) is 11.1 Å². The lowest BCUT2D eigenvalue weighted by molar-refractivity contribution is -0.127. The van der Waals surface area contributed by atoms with Crippen LogP contribution in [0, 0.1) is 0 Å². The fraction of sp³-hybridized carbons (Fsp3) is 0.318. The number of benzene rings is 2. The summed E-state index contributed by atoms with van der Waals surface area (Å²) < 4.78 is 32.0. The molecule has 2 aromatic carbocycles. The number of aliphatic hydroxyl groups excluding tert-OH is 1. The fourth-order valence-corrected chi connectivity index (χ4v) is 4.56. The average Bonchev–Trinajstić information content (AvgIpc) is 2.79. The molecule has 0 atom stereocenters. The van der Waals surface area contributed by atoms with E-state index in [0.29, 0.717) is 38.4 Å². The number of rotatable bonds is 8. The predicted octanol–water partition coefficient (Wildman–Crippen LogP) is 1.74. The molecule has 160 valence electrons. The quantitative estimate of drug-likeness (QED) is 0.645. The van der Waals surface area contributed by atoms with E-state index in [0.717, 1.165) is 5.56 Å². The van der Waals surface area contributed by atoms with Gasteiger partial charge in [-0.25, -0.2) is 8.42 Å². The van der Waals surface area contributed by atoms with Crippen LogP contribution in [0.15, 0.2) is 65.6 Å². The van der Waals surface area contributed by atoms with Crippen LogP contribution < -0.4 is 0 Å². The van der Waals surface area contributed by atoms with E-state index in [1.165, 1.54) is 10.4 Å². The summed E-state index contributed by atoms with van der Waals surface area (Å²) in [5.41, 5.74) is 1.69. The summed E-state index contributed by atoms with van der Waals surface area (Å²) in [4.78, 5) is 14.3. The van der Waals surface area contributed by atoms with Crippen LogP contribution in [0.5, 0.6) is 0 Å². The van der Waals surface area contributed by atoms with Gasteiger partial charge in [-0.05, 0) is 29.3 Å². The molecule has 0 saturated carbocycles. The van der Waals surface area contributed by atoms with Crippen molar-refractivity contribution in [2.45, 2.75) is 11.4 Å². The first-order chi connectivity index (χ1) is 14.5. The molecule has 7 nitrogen and oxygen atoms in total. The molecule has 1 heterocycles. The second-order valence-electron chi connectivity index (χ2n) is 6.89. The van der Waals surface area contributed by atoms with Gasteiger partial charge in [0.25, 0.3) is 0 Å². The number of hydrogen-bond donors (Lipinski definition) is 1. The van der Waals surface area contributed by atoms with Gasteiger partial charge < -0.3 is 14.7 Å². The van der Waals surface area contributed by atoms with E-state index in [-0.39, 0.29) is 24.0 Å². The number of aliphatic hydroxyl groups is 1. The Bertz CT molecular complexity index is 953. The standard InChI is InChI=1S/C22H26N2O5S/c25-15-12-23(18-20-4-2-1-3-5-20)22(26)11-8-19-6-9-21(10-7-19)30(27,28)24-13-16-29-17-14-24/h1-11,25H,12-18H2/b11-8+. The van der Waals surface area contributed by atoms with Gasteiger partial charge in [-0.1, -0.05) is 42.5 Å². The van der Waals surface area contributed by atoms with Crippen LogP contribution in [-0.2, 0) is 26.1 Å². The predicted molar refractivity (Wildman–Crippen MR) is 114 cm³/mol. The van der Waals surface area contributed by atoms with Gasteiger partial charge in [0.1, 0.15) is 0 Å². The van der Waals surface area contributed by atoms with Crippen LogP contribution in [-0.4, -0.2) is 68.1 Å². The van der Waals surface area contributed by atoms with Gasteiger partial charge in [0.05, 0.1) is 24.7 Å². The number of nitrogens with zero attached hydrogens (tertiary/aromatic N) is 2. The highest BCUT2D eigenvalue weighted by atomic mass is 32.2. The monoisotopic (exact) mass is 430 g/mol. The van der Waals surface area contributed by atoms with Crippen molar-refractivity contribution >= 4 is 22.0 Å². The summed E-state index contributed by atoms with van der Waals surface area (Å²) in [6.07, 6.45) is 3.08. The molecule has 1 fully saturated rings. The first-order valence-corrected chi connectivity index (χ1v) is 11.2. The van der Waals surface area contributed by atoms with Crippen molar-refractivity contribution in [3.63, 3.8) is 0 Å². The minimum Gasteiger partial charge on any atom is -0.395 e. The van der Waals surface area contributed by atoms with Gasteiger partial charge >= 0.3 is 0 Å². The smallest absolute Gasteiger partial charge is 0.246 e. The van der Waals surface area contributed by atoms with Crippen molar-refractivity contribution in [2.75, 3.05) is 39.5 Å². The number of carbonyl (C=O) groups is 1. The first-order valence-electron chi connectivity index (χ1n) is 9.80. The molecule has 8 heteroatoms. The molecule has 3 rings (SSSR count). The third-order valence-electron chi connectivity index (χ3n) is 4.80. The van der Waals surface area contributed by atoms with E-state index < -0.39 is 10.0 Å². The first kappa shape index (κ1) is 22.2. The second-order valence-corrected chi connectivity index (χ2v) is 8.83. The Morgan fingerprint density at radius 1 is 1.07 bits per heavy atom. The van der Waals surface area contributed by atoms with E-state index in [9.17, 15) is 18.3 Å². The molecule has 1 aliphatic rings. The number of hydrogen-bond acceptors (Lipinski definition) is 5. The lowest BCUT2D eigenvalue weighted by Gasteiger charge is -2.26. The third kappa shape index (κ3) is 5.76. The van der Waals surface area contributed by atoms with E-state index in [1.807, 2.05) is 30.3 Å². The molecule has 30 heavy (non-hydrogen) atoms. The Kier molecular flexibility index (Phi) is 7.75. The zero-order valence-corrected chi connectivity index (χ0v) is 17.5. The molecule has 0 radical (unpaired) electrons. The average molecular weight is 431 g/mol.